The highest BCUT2D eigenvalue weighted by Gasteiger charge is 2.22. The number of ether oxygens (including phenoxy) is 2. The number of fused-ring (bicyclic) bond motifs is 1. The molecule has 3 aromatic heterocycles. The fourth-order valence-electron chi connectivity index (χ4n) is 4.62. The van der Waals surface area contributed by atoms with Crippen molar-refractivity contribution in [3.05, 3.63) is 59.1 Å². The minimum Gasteiger partial charge on any atom is -0.494 e. The molecule has 0 N–H and O–H groups in total. The van der Waals surface area contributed by atoms with Gasteiger partial charge in [0.15, 0.2) is 17.2 Å². The molecule has 0 spiro atoms. The number of halogens is 1. The van der Waals surface area contributed by atoms with Crippen LogP contribution in [0.5, 0.6) is 5.75 Å². The number of rotatable bonds is 7. The summed E-state index contributed by atoms with van der Waals surface area (Å²) < 4.78 is 31.8. The zero-order valence-electron chi connectivity index (χ0n) is 20.6. The third-order valence-corrected chi connectivity index (χ3v) is 6.50. The lowest BCUT2D eigenvalue weighted by Gasteiger charge is -2.27. The highest BCUT2D eigenvalue weighted by Crippen LogP contribution is 2.29. The zero-order valence-corrected chi connectivity index (χ0v) is 20.6. The quantitative estimate of drug-likeness (QED) is 0.389. The largest absolute Gasteiger partial charge is 0.494 e. The molecule has 1 aliphatic heterocycles. The van der Waals surface area contributed by atoms with E-state index in [4.69, 9.17) is 19.0 Å². The molecule has 0 unspecified atom stereocenters. The van der Waals surface area contributed by atoms with Crippen LogP contribution >= 0.6 is 0 Å². The van der Waals surface area contributed by atoms with Gasteiger partial charge in [0.1, 0.15) is 23.6 Å². The Hall–Kier alpha value is -3.79. The summed E-state index contributed by atoms with van der Waals surface area (Å²) in [6.07, 6.45) is 2.82. The lowest BCUT2D eigenvalue weighted by Crippen LogP contribution is -2.42. The van der Waals surface area contributed by atoms with Gasteiger partial charge in [-0.25, -0.2) is 14.4 Å². The minimum absolute atomic E-state index is 0.00839. The van der Waals surface area contributed by atoms with Gasteiger partial charge in [0.05, 0.1) is 26.0 Å². The molecule has 1 saturated heterocycles. The summed E-state index contributed by atoms with van der Waals surface area (Å²) in [6.45, 7) is 6.07. The molecule has 36 heavy (non-hydrogen) atoms. The van der Waals surface area contributed by atoms with Crippen LogP contribution < -0.4 is 4.74 Å². The van der Waals surface area contributed by atoms with Gasteiger partial charge in [-0.1, -0.05) is 11.2 Å². The summed E-state index contributed by atoms with van der Waals surface area (Å²) in [7, 11) is 1.44. The minimum atomic E-state index is -0.406. The van der Waals surface area contributed by atoms with Crippen molar-refractivity contribution in [3.8, 4) is 16.9 Å². The number of carbonyl (C=O) groups excluding carboxylic acids is 1. The molecule has 1 amide bonds. The number of amides is 1. The molecule has 0 radical (unpaired) electrons. The summed E-state index contributed by atoms with van der Waals surface area (Å²) in [5.74, 6) is 1.21. The van der Waals surface area contributed by atoms with E-state index in [0.29, 0.717) is 61.9 Å². The standard InChI is InChI=1S/C26H28FN5O4/c1-16-25(17(2)36-30-16)19-13-21-26(28-14-19)32(15-24(33)31-8-10-35-11-9-31)23(29-21)7-5-18-4-6-22(34-3)20(27)12-18/h4,6,12-14H,5,7-11,15H2,1-3H3. The second-order valence-corrected chi connectivity index (χ2v) is 8.84. The van der Waals surface area contributed by atoms with Crippen LogP contribution in [0.2, 0.25) is 0 Å². The van der Waals surface area contributed by atoms with E-state index >= 15 is 0 Å². The molecule has 4 heterocycles. The predicted molar refractivity (Wildman–Crippen MR) is 130 cm³/mol. The van der Waals surface area contributed by atoms with Crippen LogP contribution in [0.25, 0.3) is 22.3 Å². The molecule has 0 saturated carbocycles. The Bertz CT molecular complexity index is 1390. The lowest BCUT2D eigenvalue weighted by atomic mass is 10.1. The molecule has 10 heteroatoms. The second-order valence-electron chi connectivity index (χ2n) is 8.84. The molecule has 1 fully saturated rings. The third-order valence-electron chi connectivity index (χ3n) is 6.50. The van der Waals surface area contributed by atoms with Gasteiger partial charge in [0, 0.05) is 36.8 Å². The number of aryl methyl sites for hydroxylation is 4. The van der Waals surface area contributed by atoms with Gasteiger partial charge in [0.2, 0.25) is 5.91 Å². The maximum Gasteiger partial charge on any atom is 0.242 e. The summed E-state index contributed by atoms with van der Waals surface area (Å²) in [6, 6.07) is 6.87. The van der Waals surface area contributed by atoms with Crippen molar-refractivity contribution in [2.75, 3.05) is 33.4 Å². The van der Waals surface area contributed by atoms with Gasteiger partial charge < -0.3 is 23.5 Å². The Morgan fingerprint density at radius 2 is 1.97 bits per heavy atom. The van der Waals surface area contributed by atoms with Crippen LogP contribution in [0.3, 0.4) is 0 Å². The van der Waals surface area contributed by atoms with Gasteiger partial charge in [-0.3, -0.25) is 4.79 Å². The van der Waals surface area contributed by atoms with E-state index in [2.05, 4.69) is 10.1 Å². The summed E-state index contributed by atoms with van der Waals surface area (Å²) >= 11 is 0. The van der Waals surface area contributed by atoms with Crippen LogP contribution in [-0.4, -0.2) is 63.9 Å². The van der Waals surface area contributed by atoms with Crippen LogP contribution in [0.1, 0.15) is 22.8 Å². The van der Waals surface area contributed by atoms with E-state index < -0.39 is 5.82 Å². The van der Waals surface area contributed by atoms with E-state index in [-0.39, 0.29) is 18.2 Å². The van der Waals surface area contributed by atoms with Crippen molar-refractivity contribution in [1.29, 1.82) is 0 Å². The smallest absolute Gasteiger partial charge is 0.242 e. The van der Waals surface area contributed by atoms with Gasteiger partial charge in [-0.05, 0) is 44.0 Å². The highest BCUT2D eigenvalue weighted by atomic mass is 19.1. The van der Waals surface area contributed by atoms with E-state index in [0.717, 1.165) is 22.4 Å². The summed E-state index contributed by atoms with van der Waals surface area (Å²) in [5, 5.41) is 4.04. The number of benzene rings is 1. The van der Waals surface area contributed by atoms with Crippen molar-refractivity contribution in [3.63, 3.8) is 0 Å². The number of hydrogen-bond donors (Lipinski definition) is 0. The van der Waals surface area contributed by atoms with E-state index in [9.17, 15) is 9.18 Å². The first-order chi connectivity index (χ1) is 17.4. The van der Waals surface area contributed by atoms with E-state index in [1.54, 1.807) is 17.2 Å². The normalized spacial score (nSPS) is 13.9. The van der Waals surface area contributed by atoms with Gasteiger partial charge >= 0.3 is 0 Å². The highest BCUT2D eigenvalue weighted by molar-refractivity contribution is 5.82. The molecule has 0 bridgehead atoms. The van der Waals surface area contributed by atoms with Crippen molar-refractivity contribution in [2.24, 2.45) is 0 Å². The van der Waals surface area contributed by atoms with Crippen LogP contribution in [-0.2, 0) is 28.9 Å². The predicted octanol–water partition coefficient (Wildman–Crippen LogP) is 3.49. The maximum absolute atomic E-state index is 14.2. The number of nitrogens with zero attached hydrogens (tertiary/aromatic N) is 5. The molecule has 9 nitrogen and oxygen atoms in total. The molecular formula is C26H28FN5O4. The Kier molecular flexibility index (Phi) is 6.69. The first-order valence-electron chi connectivity index (χ1n) is 11.9. The fraction of sp³-hybridized carbons (Fsp3) is 0.385. The topological polar surface area (TPSA) is 95.5 Å². The number of carbonyl (C=O) groups is 1. The van der Waals surface area contributed by atoms with Crippen molar-refractivity contribution < 1.29 is 23.2 Å². The average molecular weight is 494 g/mol. The fourth-order valence-corrected chi connectivity index (χ4v) is 4.62. The van der Waals surface area contributed by atoms with Crippen molar-refractivity contribution in [2.45, 2.75) is 33.2 Å². The van der Waals surface area contributed by atoms with Crippen molar-refractivity contribution >= 4 is 17.1 Å². The molecule has 0 atom stereocenters. The lowest BCUT2D eigenvalue weighted by molar-refractivity contribution is -0.135. The van der Waals surface area contributed by atoms with Gasteiger partial charge in [0.25, 0.3) is 0 Å². The molecule has 188 valence electrons. The third kappa shape index (κ3) is 4.68. The van der Waals surface area contributed by atoms with Crippen molar-refractivity contribution in [1.82, 2.24) is 24.6 Å². The van der Waals surface area contributed by atoms with E-state index in [1.165, 1.54) is 13.2 Å². The molecule has 1 aromatic carbocycles. The van der Waals surface area contributed by atoms with Crippen LogP contribution in [0.4, 0.5) is 4.39 Å². The van der Waals surface area contributed by atoms with Crippen LogP contribution in [0, 0.1) is 19.7 Å². The SMILES string of the molecule is COc1ccc(CCc2nc3cc(-c4c(C)noc4C)cnc3n2CC(=O)N2CCOCC2)cc1F. The number of aromatic nitrogens is 4. The average Bonchev–Trinajstić information content (AvgIpc) is 3.41. The van der Waals surface area contributed by atoms with E-state index in [1.807, 2.05) is 30.5 Å². The second kappa shape index (κ2) is 10.1. The first-order valence-corrected chi connectivity index (χ1v) is 11.9. The number of imidazole rings is 1. The monoisotopic (exact) mass is 493 g/mol. The molecule has 1 aliphatic rings. The maximum atomic E-state index is 14.2. The molecule has 5 rings (SSSR count). The number of methoxy groups -OCH3 is 1. The Morgan fingerprint density at radius 3 is 2.67 bits per heavy atom. The van der Waals surface area contributed by atoms with Crippen LogP contribution in [0.15, 0.2) is 35.0 Å². The molecular weight excluding hydrogens is 465 g/mol. The number of hydrogen-bond acceptors (Lipinski definition) is 7. The Morgan fingerprint density at radius 1 is 1.17 bits per heavy atom. The van der Waals surface area contributed by atoms with Gasteiger partial charge in [-0.2, -0.15) is 0 Å². The number of pyridine rings is 1. The Balaban J connectivity index is 1.48. The molecule has 0 aliphatic carbocycles. The first kappa shape index (κ1) is 23.9. The summed E-state index contributed by atoms with van der Waals surface area (Å²) in [4.78, 5) is 24.4. The zero-order chi connectivity index (χ0) is 25.2. The summed E-state index contributed by atoms with van der Waals surface area (Å²) in [5.41, 5.74) is 4.64. The number of morpholine rings is 1. The molecule has 4 aromatic rings. The Labute approximate surface area is 207 Å². The van der Waals surface area contributed by atoms with Gasteiger partial charge in [-0.15, -0.1) is 0 Å².